The van der Waals surface area contributed by atoms with Crippen LogP contribution in [0.25, 0.3) is 0 Å². The van der Waals surface area contributed by atoms with Gasteiger partial charge in [0.25, 0.3) is 0 Å². The van der Waals surface area contributed by atoms with E-state index in [1.807, 2.05) is 0 Å². The van der Waals surface area contributed by atoms with Gasteiger partial charge in [0.1, 0.15) is 0 Å². The fourth-order valence-corrected chi connectivity index (χ4v) is 2.05. The zero-order valence-corrected chi connectivity index (χ0v) is 7.71. The predicted molar refractivity (Wildman–Crippen MR) is 47.4 cm³/mol. The second-order valence-electron chi connectivity index (χ2n) is 3.97. The summed E-state index contributed by atoms with van der Waals surface area (Å²) in [5.74, 6) is 1.61. The predicted octanol–water partition coefficient (Wildman–Crippen LogP) is 2.58. The molecule has 1 rings (SSSR count). The first-order chi connectivity index (χ1) is 5.24. The standard InChI is InChI=1S/C10H20O/c1-3-8(2)9-5-4-6-10(11)7-9/h8-11H,3-7H2,1-2H3. The van der Waals surface area contributed by atoms with E-state index in [4.69, 9.17) is 0 Å². The lowest BCUT2D eigenvalue weighted by molar-refractivity contribution is 0.0819. The van der Waals surface area contributed by atoms with E-state index in [1.54, 1.807) is 0 Å². The lowest BCUT2D eigenvalue weighted by atomic mass is 9.79. The summed E-state index contributed by atoms with van der Waals surface area (Å²) in [6.45, 7) is 4.55. The lowest BCUT2D eigenvalue weighted by Gasteiger charge is -2.29. The van der Waals surface area contributed by atoms with Crippen molar-refractivity contribution >= 4 is 0 Å². The largest absolute Gasteiger partial charge is 0.393 e. The molecule has 0 heterocycles. The maximum atomic E-state index is 9.42. The van der Waals surface area contributed by atoms with E-state index in [-0.39, 0.29) is 6.10 Å². The maximum absolute atomic E-state index is 9.42. The Labute approximate surface area is 69.8 Å². The topological polar surface area (TPSA) is 20.2 Å². The van der Waals surface area contributed by atoms with Crippen molar-refractivity contribution < 1.29 is 5.11 Å². The SMILES string of the molecule is CCC(C)C1CCCC(O)C1. The molecule has 66 valence electrons. The van der Waals surface area contributed by atoms with Crippen LogP contribution in [-0.4, -0.2) is 11.2 Å². The van der Waals surface area contributed by atoms with Gasteiger partial charge in [0, 0.05) is 0 Å². The normalized spacial score (nSPS) is 35.2. The van der Waals surface area contributed by atoms with Crippen LogP contribution < -0.4 is 0 Å². The first kappa shape index (κ1) is 9.05. The molecule has 1 saturated carbocycles. The first-order valence-electron chi connectivity index (χ1n) is 4.92. The molecular weight excluding hydrogens is 136 g/mol. The summed E-state index contributed by atoms with van der Waals surface area (Å²) in [4.78, 5) is 0. The van der Waals surface area contributed by atoms with E-state index < -0.39 is 0 Å². The van der Waals surface area contributed by atoms with Crippen LogP contribution in [0.1, 0.15) is 46.0 Å². The molecule has 0 radical (unpaired) electrons. The minimum absolute atomic E-state index is 0.00255. The van der Waals surface area contributed by atoms with Crippen molar-refractivity contribution in [3.63, 3.8) is 0 Å². The number of hydrogen-bond donors (Lipinski definition) is 1. The highest BCUT2D eigenvalue weighted by Crippen LogP contribution is 2.31. The van der Waals surface area contributed by atoms with Gasteiger partial charge in [0.2, 0.25) is 0 Å². The average molecular weight is 156 g/mol. The van der Waals surface area contributed by atoms with Gasteiger partial charge in [0.15, 0.2) is 0 Å². The third kappa shape index (κ3) is 2.48. The Balaban J connectivity index is 2.33. The van der Waals surface area contributed by atoms with E-state index in [0.717, 1.165) is 24.7 Å². The molecule has 1 fully saturated rings. The van der Waals surface area contributed by atoms with Crippen molar-refractivity contribution in [1.82, 2.24) is 0 Å². The van der Waals surface area contributed by atoms with Crippen molar-refractivity contribution in [2.75, 3.05) is 0 Å². The molecule has 11 heavy (non-hydrogen) atoms. The quantitative estimate of drug-likeness (QED) is 0.651. The van der Waals surface area contributed by atoms with Crippen LogP contribution in [0.3, 0.4) is 0 Å². The molecule has 3 unspecified atom stereocenters. The molecule has 0 spiro atoms. The zero-order chi connectivity index (χ0) is 8.27. The Bertz CT molecular complexity index is 111. The zero-order valence-electron chi connectivity index (χ0n) is 7.71. The Morgan fingerprint density at radius 1 is 1.45 bits per heavy atom. The summed E-state index contributed by atoms with van der Waals surface area (Å²) < 4.78 is 0. The van der Waals surface area contributed by atoms with Crippen LogP contribution in [-0.2, 0) is 0 Å². The van der Waals surface area contributed by atoms with Crippen LogP contribution in [0, 0.1) is 11.8 Å². The molecule has 1 aliphatic carbocycles. The summed E-state index contributed by atoms with van der Waals surface area (Å²) in [6, 6.07) is 0. The Kier molecular flexibility index (Phi) is 3.38. The smallest absolute Gasteiger partial charge is 0.0543 e. The summed E-state index contributed by atoms with van der Waals surface area (Å²) in [5, 5.41) is 9.42. The van der Waals surface area contributed by atoms with E-state index in [2.05, 4.69) is 13.8 Å². The Morgan fingerprint density at radius 3 is 2.73 bits per heavy atom. The fraction of sp³-hybridized carbons (Fsp3) is 1.00. The second kappa shape index (κ2) is 4.10. The second-order valence-corrected chi connectivity index (χ2v) is 3.97. The van der Waals surface area contributed by atoms with Crippen LogP contribution in [0.5, 0.6) is 0 Å². The highest BCUT2D eigenvalue weighted by molar-refractivity contribution is 4.75. The fourth-order valence-electron chi connectivity index (χ4n) is 2.05. The highest BCUT2D eigenvalue weighted by Gasteiger charge is 2.23. The van der Waals surface area contributed by atoms with E-state index in [9.17, 15) is 5.11 Å². The molecule has 0 saturated heterocycles. The van der Waals surface area contributed by atoms with Gasteiger partial charge in [-0.25, -0.2) is 0 Å². The molecule has 3 atom stereocenters. The Morgan fingerprint density at radius 2 is 2.18 bits per heavy atom. The Hall–Kier alpha value is -0.0400. The summed E-state index contributed by atoms with van der Waals surface area (Å²) >= 11 is 0. The van der Waals surface area contributed by atoms with Gasteiger partial charge in [-0.3, -0.25) is 0 Å². The van der Waals surface area contributed by atoms with Crippen molar-refractivity contribution in [3.05, 3.63) is 0 Å². The number of hydrogen-bond acceptors (Lipinski definition) is 1. The average Bonchev–Trinajstić information content (AvgIpc) is 2.03. The van der Waals surface area contributed by atoms with Gasteiger partial charge in [0.05, 0.1) is 6.10 Å². The molecule has 0 aromatic heterocycles. The molecule has 1 nitrogen and oxygen atoms in total. The van der Waals surface area contributed by atoms with Crippen molar-refractivity contribution in [1.29, 1.82) is 0 Å². The van der Waals surface area contributed by atoms with E-state index in [1.165, 1.54) is 19.3 Å². The van der Waals surface area contributed by atoms with Crippen molar-refractivity contribution in [2.45, 2.75) is 52.1 Å². The summed E-state index contributed by atoms with van der Waals surface area (Å²) in [7, 11) is 0. The third-order valence-corrected chi connectivity index (χ3v) is 3.14. The monoisotopic (exact) mass is 156 g/mol. The number of rotatable bonds is 2. The van der Waals surface area contributed by atoms with E-state index >= 15 is 0 Å². The van der Waals surface area contributed by atoms with Gasteiger partial charge in [-0.1, -0.05) is 33.1 Å². The van der Waals surface area contributed by atoms with Crippen LogP contribution in [0.2, 0.25) is 0 Å². The number of aliphatic hydroxyl groups is 1. The first-order valence-corrected chi connectivity index (χ1v) is 4.92. The van der Waals surface area contributed by atoms with Gasteiger partial charge in [-0.15, -0.1) is 0 Å². The maximum Gasteiger partial charge on any atom is 0.0543 e. The van der Waals surface area contributed by atoms with Crippen LogP contribution in [0.4, 0.5) is 0 Å². The number of aliphatic hydroxyl groups excluding tert-OH is 1. The van der Waals surface area contributed by atoms with Gasteiger partial charge >= 0.3 is 0 Å². The summed E-state index contributed by atoms with van der Waals surface area (Å²) in [5.41, 5.74) is 0. The lowest BCUT2D eigenvalue weighted by Crippen LogP contribution is -2.23. The molecule has 1 aliphatic rings. The molecule has 1 N–H and O–H groups in total. The third-order valence-electron chi connectivity index (χ3n) is 3.14. The molecule has 0 aromatic rings. The highest BCUT2D eigenvalue weighted by atomic mass is 16.3. The molecule has 0 amide bonds. The van der Waals surface area contributed by atoms with Crippen LogP contribution in [0.15, 0.2) is 0 Å². The van der Waals surface area contributed by atoms with Crippen molar-refractivity contribution in [3.8, 4) is 0 Å². The minimum atomic E-state index is 0.00255. The van der Waals surface area contributed by atoms with Gasteiger partial charge in [-0.05, 0) is 24.7 Å². The molecule has 0 aliphatic heterocycles. The molecule has 0 aromatic carbocycles. The molecule has 1 heteroatoms. The van der Waals surface area contributed by atoms with Gasteiger partial charge in [-0.2, -0.15) is 0 Å². The van der Waals surface area contributed by atoms with E-state index in [0.29, 0.717) is 0 Å². The van der Waals surface area contributed by atoms with Gasteiger partial charge < -0.3 is 5.11 Å². The summed E-state index contributed by atoms with van der Waals surface area (Å²) in [6.07, 6.45) is 5.92. The van der Waals surface area contributed by atoms with Crippen molar-refractivity contribution in [2.24, 2.45) is 11.8 Å². The minimum Gasteiger partial charge on any atom is -0.393 e. The van der Waals surface area contributed by atoms with Crippen LogP contribution >= 0.6 is 0 Å². The molecular formula is C10H20O. The molecule has 0 bridgehead atoms.